The van der Waals surface area contributed by atoms with Crippen LogP contribution >= 0.6 is 0 Å². The summed E-state index contributed by atoms with van der Waals surface area (Å²) in [4.78, 5) is 11.1. The molecule has 1 rings (SSSR count). The highest BCUT2D eigenvalue weighted by atomic mass is 19.4. The van der Waals surface area contributed by atoms with Crippen LogP contribution in [-0.4, -0.2) is 24.7 Å². The van der Waals surface area contributed by atoms with Crippen molar-refractivity contribution in [3.63, 3.8) is 0 Å². The lowest BCUT2D eigenvalue weighted by atomic mass is 10.2. The van der Waals surface area contributed by atoms with Gasteiger partial charge in [0.15, 0.2) is 6.61 Å². The lowest BCUT2D eigenvalue weighted by molar-refractivity contribution is -0.292. The number of alkyl halides is 5. The molecule has 94 valence electrons. The maximum Gasteiger partial charge on any atom is 0.456 e. The van der Waals surface area contributed by atoms with Crippen LogP contribution in [0.25, 0.3) is 0 Å². The smallest absolute Gasteiger partial charge is 0.455 e. The molecule has 1 aromatic rings. The van der Waals surface area contributed by atoms with Gasteiger partial charge in [0, 0.05) is 0 Å². The molecular weight excluding hydrogens is 247 g/mol. The number of rotatable bonds is 3. The maximum absolute atomic E-state index is 12.4. The minimum Gasteiger partial charge on any atom is -0.455 e. The summed E-state index contributed by atoms with van der Waals surface area (Å²) < 4.78 is 64.0. The molecule has 0 heterocycles. The molecule has 0 atom stereocenters. The highest BCUT2D eigenvalue weighted by molar-refractivity contribution is 5.89. The number of carbonyl (C=O) groups is 1. The second-order valence-corrected chi connectivity index (χ2v) is 3.14. The Bertz CT molecular complexity index is 385. The molecule has 0 aliphatic rings. The molecule has 0 bridgehead atoms. The van der Waals surface area contributed by atoms with Crippen molar-refractivity contribution in [2.45, 2.75) is 12.1 Å². The van der Waals surface area contributed by atoms with Gasteiger partial charge in [0.05, 0.1) is 5.56 Å². The Morgan fingerprint density at radius 2 is 1.59 bits per heavy atom. The summed E-state index contributed by atoms with van der Waals surface area (Å²) in [6.07, 6.45) is -5.73. The summed E-state index contributed by atoms with van der Waals surface area (Å²) >= 11 is 0. The molecule has 0 aromatic heterocycles. The summed E-state index contributed by atoms with van der Waals surface area (Å²) in [5.74, 6) is -6.27. The van der Waals surface area contributed by atoms with E-state index in [1.165, 1.54) is 24.3 Å². The van der Waals surface area contributed by atoms with Gasteiger partial charge in [-0.05, 0) is 12.1 Å². The molecule has 1 aromatic carbocycles. The predicted molar refractivity (Wildman–Crippen MR) is 47.7 cm³/mol. The van der Waals surface area contributed by atoms with E-state index in [2.05, 4.69) is 4.74 Å². The van der Waals surface area contributed by atoms with Gasteiger partial charge < -0.3 is 4.74 Å². The van der Waals surface area contributed by atoms with Crippen molar-refractivity contribution in [2.24, 2.45) is 0 Å². The largest absolute Gasteiger partial charge is 0.456 e. The molecule has 0 fully saturated rings. The molecule has 0 radical (unpaired) electrons. The Morgan fingerprint density at radius 3 is 2.06 bits per heavy atom. The highest BCUT2D eigenvalue weighted by Gasteiger charge is 2.58. The zero-order valence-electron chi connectivity index (χ0n) is 8.30. The maximum atomic E-state index is 12.4. The van der Waals surface area contributed by atoms with Crippen LogP contribution in [0.15, 0.2) is 30.3 Å². The number of hydrogen-bond donors (Lipinski definition) is 0. The van der Waals surface area contributed by atoms with Crippen molar-refractivity contribution in [3.05, 3.63) is 35.9 Å². The standard InChI is InChI=1S/C10H7F5O2/c11-9(12,10(13,14)15)6-17-8(16)7-4-2-1-3-5-7/h1-5H,6H2. The molecule has 0 unspecified atom stereocenters. The lowest BCUT2D eigenvalue weighted by Crippen LogP contribution is -2.41. The summed E-state index contributed by atoms with van der Waals surface area (Å²) in [5, 5.41) is 0. The predicted octanol–water partition coefficient (Wildman–Crippen LogP) is 3.04. The van der Waals surface area contributed by atoms with E-state index in [1.54, 1.807) is 6.07 Å². The summed E-state index contributed by atoms with van der Waals surface area (Å²) in [6, 6.07) is 6.90. The van der Waals surface area contributed by atoms with E-state index < -0.39 is 24.7 Å². The number of carbonyl (C=O) groups excluding carboxylic acids is 1. The normalized spacial score (nSPS) is 12.3. The fraction of sp³-hybridized carbons (Fsp3) is 0.300. The van der Waals surface area contributed by atoms with Crippen LogP contribution < -0.4 is 0 Å². The third-order valence-corrected chi connectivity index (χ3v) is 1.81. The number of esters is 1. The van der Waals surface area contributed by atoms with Crippen LogP contribution in [0.4, 0.5) is 22.0 Å². The van der Waals surface area contributed by atoms with E-state index in [0.29, 0.717) is 0 Å². The number of halogens is 5. The molecule has 0 saturated heterocycles. The van der Waals surface area contributed by atoms with Gasteiger partial charge in [-0.3, -0.25) is 0 Å². The Hall–Kier alpha value is -1.66. The number of hydrogen-bond acceptors (Lipinski definition) is 2. The van der Waals surface area contributed by atoms with Gasteiger partial charge in [-0.25, -0.2) is 4.79 Å². The van der Waals surface area contributed by atoms with E-state index in [-0.39, 0.29) is 5.56 Å². The molecular formula is C10H7F5O2. The SMILES string of the molecule is O=C(OCC(F)(F)C(F)(F)F)c1ccccc1. The van der Waals surface area contributed by atoms with Crippen LogP contribution in [-0.2, 0) is 4.74 Å². The molecule has 17 heavy (non-hydrogen) atoms. The Kier molecular flexibility index (Phi) is 3.69. The average molecular weight is 254 g/mol. The van der Waals surface area contributed by atoms with Crippen molar-refractivity contribution in [1.29, 1.82) is 0 Å². The fourth-order valence-electron chi connectivity index (χ4n) is 0.896. The lowest BCUT2D eigenvalue weighted by Gasteiger charge is -2.18. The number of benzene rings is 1. The second-order valence-electron chi connectivity index (χ2n) is 3.14. The Morgan fingerprint density at radius 1 is 1.06 bits per heavy atom. The van der Waals surface area contributed by atoms with Crippen LogP contribution in [0.3, 0.4) is 0 Å². The first-order valence-electron chi connectivity index (χ1n) is 4.41. The second kappa shape index (κ2) is 4.68. The quantitative estimate of drug-likeness (QED) is 0.612. The van der Waals surface area contributed by atoms with Crippen LogP contribution in [0, 0.1) is 0 Å². The van der Waals surface area contributed by atoms with Crippen molar-refractivity contribution >= 4 is 5.97 Å². The van der Waals surface area contributed by atoms with Crippen LogP contribution in [0.2, 0.25) is 0 Å². The molecule has 0 aliphatic carbocycles. The van der Waals surface area contributed by atoms with Crippen molar-refractivity contribution < 1.29 is 31.5 Å². The number of ether oxygens (including phenoxy) is 1. The van der Waals surface area contributed by atoms with Crippen LogP contribution in [0.5, 0.6) is 0 Å². The minimum atomic E-state index is -5.73. The Balaban J connectivity index is 2.61. The molecule has 0 amide bonds. The summed E-state index contributed by atoms with van der Waals surface area (Å²) in [6.45, 7) is -2.02. The van der Waals surface area contributed by atoms with Gasteiger partial charge in [0.2, 0.25) is 0 Å². The van der Waals surface area contributed by atoms with Gasteiger partial charge in [-0.15, -0.1) is 0 Å². The minimum absolute atomic E-state index is 0.0922. The van der Waals surface area contributed by atoms with Gasteiger partial charge in [-0.2, -0.15) is 22.0 Å². The first kappa shape index (κ1) is 13.4. The molecule has 0 spiro atoms. The third-order valence-electron chi connectivity index (χ3n) is 1.81. The van der Waals surface area contributed by atoms with Gasteiger partial charge in [0.25, 0.3) is 0 Å². The fourth-order valence-corrected chi connectivity index (χ4v) is 0.896. The third kappa shape index (κ3) is 3.40. The van der Waals surface area contributed by atoms with Gasteiger partial charge in [0.1, 0.15) is 0 Å². The summed E-state index contributed by atoms with van der Waals surface area (Å²) in [7, 11) is 0. The monoisotopic (exact) mass is 254 g/mol. The summed E-state index contributed by atoms with van der Waals surface area (Å²) in [5.41, 5.74) is -0.0922. The van der Waals surface area contributed by atoms with E-state index in [0.717, 1.165) is 0 Å². The van der Waals surface area contributed by atoms with Gasteiger partial charge >= 0.3 is 18.1 Å². The van der Waals surface area contributed by atoms with Crippen molar-refractivity contribution in [2.75, 3.05) is 6.61 Å². The molecule has 0 saturated carbocycles. The zero-order valence-corrected chi connectivity index (χ0v) is 8.30. The molecule has 0 aliphatic heterocycles. The van der Waals surface area contributed by atoms with E-state index >= 15 is 0 Å². The average Bonchev–Trinajstić information content (AvgIpc) is 2.25. The first-order chi connectivity index (χ1) is 7.74. The van der Waals surface area contributed by atoms with E-state index in [9.17, 15) is 26.7 Å². The van der Waals surface area contributed by atoms with Crippen LogP contribution in [0.1, 0.15) is 10.4 Å². The van der Waals surface area contributed by atoms with Crippen molar-refractivity contribution in [3.8, 4) is 0 Å². The first-order valence-corrected chi connectivity index (χ1v) is 4.41. The van der Waals surface area contributed by atoms with E-state index in [1.807, 2.05) is 0 Å². The van der Waals surface area contributed by atoms with E-state index in [4.69, 9.17) is 0 Å². The zero-order chi connectivity index (χ0) is 13.1. The molecule has 7 heteroatoms. The molecule has 0 N–H and O–H groups in total. The highest BCUT2D eigenvalue weighted by Crippen LogP contribution is 2.35. The van der Waals surface area contributed by atoms with Crippen molar-refractivity contribution in [1.82, 2.24) is 0 Å². The Labute approximate surface area is 93.0 Å². The molecule has 2 nitrogen and oxygen atoms in total. The topological polar surface area (TPSA) is 26.3 Å². The van der Waals surface area contributed by atoms with Gasteiger partial charge in [-0.1, -0.05) is 18.2 Å².